The first-order valence-electron chi connectivity index (χ1n) is 6.09. The molecular weight excluding hydrogens is 306 g/mol. The predicted molar refractivity (Wildman–Crippen MR) is 80.4 cm³/mol. The number of aryl methyl sites for hydroxylation is 1. The van der Waals surface area contributed by atoms with E-state index >= 15 is 0 Å². The van der Waals surface area contributed by atoms with E-state index in [4.69, 9.17) is 9.72 Å². The number of ether oxygens (including phenoxy) is 1. The van der Waals surface area contributed by atoms with Crippen molar-refractivity contribution in [2.24, 2.45) is 7.05 Å². The quantitative estimate of drug-likeness (QED) is 0.940. The lowest BCUT2D eigenvalue weighted by atomic mass is 10.1. The zero-order chi connectivity index (χ0) is 14.0. The molecule has 2 aromatic rings. The molecule has 2 rings (SSSR count). The summed E-state index contributed by atoms with van der Waals surface area (Å²) in [7, 11) is 5.59. The molecule has 0 atom stereocenters. The van der Waals surface area contributed by atoms with Gasteiger partial charge in [-0.2, -0.15) is 0 Å². The average molecular weight is 324 g/mol. The molecule has 0 spiro atoms. The van der Waals surface area contributed by atoms with Gasteiger partial charge < -0.3 is 14.6 Å². The molecule has 1 N–H and O–H groups in total. The average Bonchev–Trinajstić information content (AvgIpc) is 2.67. The summed E-state index contributed by atoms with van der Waals surface area (Å²) < 4.78 is 8.43. The second-order valence-electron chi connectivity index (χ2n) is 4.46. The van der Waals surface area contributed by atoms with Gasteiger partial charge in [0, 0.05) is 12.6 Å². The monoisotopic (exact) mass is 323 g/mol. The van der Waals surface area contributed by atoms with Gasteiger partial charge in [-0.05, 0) is 42.0 Å². The van der Waals surface area contributed by atoms with Gasteiger partial charge in [-0.3, -0.25) is 0 Å². The van der Waals surface area contributed by atoms with Crippen molar-refractivity contribution in [3.8, 4) is 17.0 Å². The molecule has 1 heterocycles. The third kappa shape index (κ3) is 2.67. The Hall–Kier alpha value is -1.33. The molecule has 0 aliphatic carbocycles. The minimum Gasteiger partial charge on any atom is -0.496 e. The van der Waals surface area contributed by atoms with Crippen LogP contribution in [0.2, 0.25) is 0 Å². The van der Waals surface area contributed by atoms with Gasteiger partial charge >= 0.3 is 0 Å². The molecule has 0 saturated heterocycles. The standard InChI is InChI=1S/C14H18BrN3O/c1-9-5-6-11(19-4)10(7-9)13-14(15)18(3)12(17-13)8-16-2/h5-7,16H,8H2,1-4H3. The predicted octanol–water partition coefficient (Wildman–Crippen LogP) is 2.89. The molecule has 0 aliphatic heterocycles. The number of imidazole rings is 1. The summed E-state index contributed by atoms with van der Waals surface area (Å²) in [5.74, 6) is 1.81. The molecule has 0 aliphatic rings. The molecule has 102 valence electrons. The van der Waals surface area contributed by atoms with Crippen molar-refractivity contribution >= 4 is 15.9 Å². The Balaban J connectivity index is 2.58. The van der Waals surface area contributed by atoms with E-state index in [0.29, 0.717) is 0 Å². The number of methoxy groups -OCH3 is 1. The highest BCUT2D eigenvalue weighted by Gasteiger charge is 2.17. The fourth-order valence-corrected chi connectivity index (χ4v) is 2.52. The summed E-state index contributed by atoms with van der Waals surface area (Å²) in [5, 5.41) is 3.12. The first kappa shape index (κ1) is 14.1. The number of halogens is 1. The SMILES string of the molecule is CNCc1nc(-c2cc(C)ccc2OC)c(Br)n1C. The van der Waals surface area contributed by atoms with E-state index in [1.807, 2.05) is 30.8 Å². The Morgan fingerprint density at radius 2 is 2.16 bits per heavy atom. The zero-order valence-corrected chi connectivity index (χ0v) is 13.2. The van der Waals surface area contributed by atoms with Gasteiger partial charge in [0.15, 0.2) is 0 Å². The summed E-state index contributed by atoms with van der Waals surface area (Å²) in [4.78, 5) is 4.69. The maximum absolute atomic E-state index is 5.43. The molecule has 19 heavy (non-hydrogen) atoms. The van der Waals surface area contributed by atoms with Crippen molar-refractivity contribution in [1.82, 2.24) is 14.9 Å². The van der Waals surface area contributed by atoms with Crippen molar-refractivity contribution in [2.75, 3.05) is 14.2 Å². The van der Waals surface area contributed by atoms with Crippen molar-refractivity contribution in [2.45, 2.75) is 13.5 Å². The maximum atomic E-state index is 5.43. The van der Waals surface area contributed by atoms with Crippen LogP contribution >= 0.6 is 15.9 Å². The van der Waals surface area contributed by atoms with Crippen molar-refractivity contribution in [3.05, 3.63) is 34.2 Å². The summed E-state index contributed by atoms with van der Waals surface area (Å²) in [6.45, 7) is 2.79. The lowest BCUT2D eigenvalue weighted by molar-refractivity contribution is 0.416. The highest BCUT2D eigenvalue weighted by atomic mass is 79.9. The van der Waals surface area contributed by atoms with E-state index in [9.17, 15) is 0 Å². The topological polar surface area (TPSA) is 39.1 Å². The van der Waals surface area contributed by atoms with E-state index in [0.717, 1.165) is 34.0 Å². The molecule has 0 fully saturated rings. The Morgan fingerprint density at radius 3 is 2.79 bits per heavy atom. The summed E-state index contributed by atoms with van der Waals surface area (Å²) in [6, 6.07) is 6.10. The number of nitrogens with one attached hydrogen (secondary N) is 1. The third-order valence-electron chi connectivity index (χ3n) is 3.06. The number of hydrogen-bond acceptors (Lipinski definition) is 3. The molecule has 0 bridgehead atoms. The van der Waals surface area contributed by atoms with Gasteiger partial charge in [-0.15, -0.1) is 0 Å². The molecular formula is C14H18BrN3O. The van der Waals surface area contributed by atoms with Crippen LogP contribution in [0.15, 0.2) is 22.8 Å². The normalized spacial score (nSPS) is 10.8. The molecule has 1 aromatic heterocycles. The number of rotatable bonds is 4. The van der Waals surface area contributed by atoms with Crippen molar-refractivity contribution < 1.29 is 4.74 Å². The van der Waals surface area contributed by atoms with Crippen LogP contribution in [-0.2, 0) is 13.6 Å². The smallest absolute Gasteiger partial charge is 0.128 e. The summed E-state index contributed by atoms with van der Waals surface area (Å²) >= 11 is 3.61. The van der Waals surface area contributed by atoms with Crippen LogP contribution < -0.4 is 10.1 Å². The first-order chi connectivity index (χ1) is 9.08. The van der Waals surface area contributed by atoms with E-state index in [1.54, 1.807) is 7.11 Å². The van der Waals surface area contributed by atoms with Crippen LogP contribution in [0.1, 0.15) is 11.4 Å². The van der Waals surface area contributed by atoms with Gasteiger partial charge in [-0.25, -0.2) is 4.98 Å². The van der Waals surface area contributed by atoms with Crippen LogP contribution in [0.25, 0.3) is 11.3 Å². The Morgan fingerprint density at radius 1 is 1.42 bits per heavy atom. The highest BCUT2D eigenvalue weighted by Crippen LogP contribution is 2.35. The number of aromatic nitrogens is 2. The van der Waals surface area contributed by atoms with Crippen molar-refractivity contribution in [1.29, 1.82) is 0 Å². The van der Waals surface area contributed by atoms with Gasteiger partial charge in [0.25, 0.3) is 0 Å². The van der Waals surface area contributed by atoms with E-state index in [2.05, 4.69) is 34.2 Å². The van der Waals surface area contributed by atoms with Crippen LogP contribution in [0.4, 0.5) is 0 Å². The summed E-state index contributed by atoms with van der Waals surface area (Å²) in [6.07, 6.45) is 0. The fraction of sp³-hybridized carbons (Fsp3) is 0.357. The van der Waals surface area contributed by atoms with Gasteiger partial charge in [0.1, 0.15) is 21.9 Å². The minimum absolute atomic E-state index is 0.725. The second kappa shape index (κ2) is 5.75. The molecule has 4 nitrogen and oxygen atoms in total. The van der Waals surface area contributed by atoms with E-state index < -0.39 is 0 Å². The van der Waals surface area contributed by atoms with Crippen LogP contribution in [-0.4, -0.2) is 23.7 Å². The molecule has 5 heteroatoms. The zero-order valence-electron chi connectivity index (χ0n) is 11.6. The largest absolute Gasteiger partial charge is 0.496 e. The van der Waals surface area contributed by atoms with Crippen LogP contribution in [0.5, 0.6) is 5.75 Å². The summed E-state index contributed by atoms with van der Waals surface area (Å²) in [5.41, 5.74) is 3.10. The molecule has 0 amide bonds. The third-order valence-corrected chi connectivity index (χ3v) is 3.97. The highest BCUT2D eigenvalue weighted by molar-refractivity contribution is 9.10. The van der Waals surface area contributed by atoms with E-state index in [-0.39, 0.29) is 0 Å². The number of benzene rings is 1. The maximum Gasteiger partial charge on any atom is 0.128 e. The molecule has 0 unspecified atom stereocenters. The molecule has 0 radical (unpaired) electrons. The van der Waals surface area contributed by atoms with E-state index in [1.165, 1.54) is 5.56 Å². The van der Waals surface area contributed by atoms with Gasteiger partial charge in [0.2, 0.25) is 0 Å². The molecule has 0 saturated carbocycles. The lowest BCUT2D eigenvalue weighted by Crippen LogP contribution is -2.10. The lowest BCUT2D eigenvalue weighted by Gasteiger charge is -2.08. The van der Waals surface area contributed by atoms with Gasteiger partial charge in [0.05, 0.1) is 13.7 Å². The Kier molecular flexibility index (Phi) is 4.27. The molecule has 1 aromatic carbocycles. The number of nitrogens with zero attached hydrogens (tertiary/aromatic N) is 2. The number of hydrogen-bond donors (Lipinski definition) is 1. The van der Waals surface area contributed by atoms with Crippen LogP contribution in [0, 0.1) is 6.92 Å². The minimum atomic E-state index is 0.725. The fourth-order valence-electron chi connectivity index (χ4n) is 2.02. The Labute approximate surface area is 121 Å². The van der Waals surface area contributed by atoms with Gasteiger partial charge in [-0.1, -0.05) is 11.6 Å². The first-order valence-corrected chi connectivity index (χ1v) is 6.88. The van der Waals surface area contributed by atoms with Crippen molar-refractivity contribution in [3.63, 3.8) is 0 Å². The Bertz CT molecular complexity index is 593. The van der Waals surface area contributed by atoms with Crippen LogP contribution in [0.3, 0.4) is 0 Å². The second-order valence-corrected chi connectivity index (χ2v) is 5.21.